The summed E-state index contributed by atoms with van der Waals surface area (Å²) in [6.45, 7) is 3.23. The monoisotopic (exact) mass is 228 g/mol. The molecule has 0 aromatic rings. The van der Waals surface area contributed by atoms with Crippen molar-refractivity contribution in [3.05, 3.63) is 0 Å². The summed E-state index contributed by atoms with van der Waals surface area (Å²) in [7, 11) is 0. The molecule has 0 saturated carbocycles. The Bertz CT molecular complexity index is 237. The lowest BCUT2D eigenvalue weighted by molar-refractivity contribution is -0.184. The van der Waals surface area contributed by atoms with Gasteiger partial charge in [-0.2, -0.15) is 13.2 Å². The SMILES string of the molecule is CCOC(C)OC(=O)CC(=O)C(F)(F)F. The van der Waals surface area contributed by atoms with Gasteiger partial charge in [-0.05, 0) is 13.8 Å². The highest BCUT2D eigenvalue weighted by Gasteiger charge is 2.39. The Morgan fingerprint density at radius 2 is 1.87 bits per heavy atom. The lowest BCUT2D eigenvalue weighted by atomic mass is 10.3. The molecule has 0 saturated heterocycles. The predicted octanol–water partition coefficient (Wildman–Crippen LogP) is 1.43. The zero-order chi connectivity index (χ0) is 12.1. The molecule has 0 amide bonds. The average Bonchev–Trinajstić information content (AvgIpc) is 2.01. The molecule has 0 N–H and O–H groups in total. The van der Waals surface area contributed by atoms with Crippen LogP contribution in [0.15, 0.2) is 0 Å². The molecule has 0 bridgehead atoms. The predicted molar refractivity (Wildman–Crippen MR) is 42.9 cm³/mol. The Balaban J connectivity index is 4.00. The summed E-state index contributed by atoms with van der Waals surface area (Å²) in [6.07, 6.45) is -7.28. The summed E-state index contributed by atoms with van der Waals surface area (Å²) in [5, 5.41) is 0. The van der Waals surface area contributed by atoms with Crippen molar-refractivity contribution in [1.82, 2.24) is 0 Å². The van der Waals surface area contributed by atoms with E-state index in [2.05, 4.69) is 4.74 Å². The second-order valence-corrected chi connectivity index (χ2v) is 2.61. The van der Waals surface area contributed by atoms with Crippen LogP contribution in [0.25, 0.3) is 0 Å². The molecule has 0 radical (unpaired) electrons. The summed E-state index contributed by atoms with van der Waals surface area (Å²) in [5.74, 6) is -3.38. The van der Waals surface area contributed by atoms with Crippen LogP contribution in [0.4, 0.5) is 13.2 Å². The Kier molecular flexibility index (Phi) is 5.27. The Hall–Kier alpha value is -1.11. The second kappa shape index (κ2) is 5.69. The van der Waals surface area contributed by atoms with Crippen molar-refractivity contribution in [2.24, 2.45) is 0 Å². The number of hydrogen-bond donors (Lipinski definition) is 0. The van der Waals surface area contributed by atoms with Crippen LogP contribution >= 0.6 is 0 Å². The summed E-state index contributed by atoms with van der Waals surface area (Å²) in [5.41, 5.74) is 0. The van der Waals surface area contributed by atoms with Gasteiger partial charge in [0.2, 0.25) is 5.78 Å². The number of esters is 1. The van der Waals surface area contributed by atoms with E-state index in [0.717, 1.165) is 0 Å². The van der Waals surface area contributed by atoms with Gasteiger partial charge in [0.25, 0.3) is 0 Å². The fourth-order valence-corrected chi connectivity index (χ4v) is 0.727. The van der Waals surface area contributed by atoms with Crippen LogP contribution in [-0.2, 0) is 19.1 Å². The van der Waals surface area contributed by atoms with E-state index < -0.39 is 30.6 Å². The molecule has 88 valence electrons. The van der Waals surface area contributed by atoms with Gasteiger partial charge in [0.1, 0.15) is 6.42 Å². The fourth-order valence-electron chi connectivity index (χ4n) is 0.727. The molecule has 15 heavy (non-hydrogen) atoms. The molecule has 1 atom stereocenters. The highest BCUT2D eigenvalue weighted by Crippen LogP contribution is 2.18. The number of Topliss-reactive ketones (excluding diaryl/α,β-unsaturated/α-hetero) is 1. The van der Waals surface area contributed by atoms with Crippen molar-refractivity contribution in [1.29, 1.82) is 0 Å². The highest BCUT2D eigenvalue weighted by molar-refractivity contribution is 5.98. The van der Waals surface area contributed by atoms with Crippen LogP contribution in [0.3, 0.4) is 0 Å². The molecule has 1 unspecified atom stereocenters. The van der Waals surface area contributed by atoms with Gasteiger partial charge in [0, 0.05) is 6.61 Å². The van der Waals surface area contributed by atoms with E-state index >= 15 is 0 Å². The zero-order valence-corrected chi connectivity index (χ0v) is 8.26. The molecule has 0 aliphatic rings. The van der Waals surface area contributed by atoms with Gasteiger partial charge in [-0.1, -0.05) is 0 Å². The topological polar surface area (TPSA) is 52.6 Å². The van der Waals surface area contributed by atoms with Gasteiger partial charge < -0.3 is 9.47 Å². The molecule has 4 nitrogen and oxygen atoms in total. The summed E-state index contributed by atoms with van der Waals surface area (Å²) < 4.78 is 44.2. The van der Waals surface area contributed by atoms with E-state index in [1.807, 2.05) is 0 Å². The lowest BCUT2D eigenvalue weighted by Crippen LogP contribution is -2.28. The normalized spacial score (nSPS) is 13.4. The molecule has 0 aliphatic heterocycles. The second-order valence-electron chi connectivity index (χ2n) is 2.61. The Morgan fingerprint density at radius 1 is 1.33 bits per heavy atom. The van der Waals surface area contributed by atoms with Crippen LogP contribution in [0, 0.1) is 0 Å². The van der Waals surface area contributed by atoms with E-state index in [0.29, 0.717) is 0 Å². The van der Waals surface area contributed by atoms with Crippen molar-refractivity contribution in [3.63, 3.8) is 0 Å². The molecular weight excluding hydrogens is 217 g/mol. The van der Waals surface area contributed by atoms with E-state index in [-0.39, 0.29) is 6.61 Å². The van der Waals surface area contributed by atoms with Crippen molar-refractivity contribution >= 4 is 11.8 Å². The number of rotatable bonds is 5. The van der Waals surface area contributed by atoms with Crippen LogP contribution in [0.5, 0.6) is 0 Å². The van der Waals surface area contributed by atoms with Gasteiger partial charge in [0.05, 0.1) is 0 Å². The molecule has 0 aromatic carbocycles. The van der Waals surface area contributed by atoms with Crippen LogP contribution in [0.2, 0.25) is 0 Å². The molecule has 0 heterocycles. The van der Waals surface area contributed by atoms with Crippen molar-refractivity contribution in [2.75, 3.05) is 6.61 Å². The molecule has 0 aromatic heterocycles. The van der Waals surface area contributed by atoms with Gasteiger partial charge in [0.15, 0.2) is 6.29 Å². The minimum absolute atomic E-state index is 0.252. The maximum atomic E-state index is 11.7. The van der Waals surface area contributed by atoms with Crippen molar-refractivity contribution in [2.45, 2.75) is 32.7 Å². The maximum absolute atomic E-state index is 11.7. The average molecular weight is 228 g/mol. The molecule has 7 heteroatoms. The molecular formula is C8H11F3O4. The molecule has 0 aliphatic carbocycles. The maximum Gasteiger partial charge on any atom is 0.450 e. The first-order valence-electron chi connectivity index (χ1n) is 4.18. The third kappa shape index (κ3) is 6.05. The molecule has 0 rings (SSSR count). The van der Waals surface area contributed by atoms with Crippen LogP contribution in [0.1, 0.15) is 20.3 Å². The number of alkyl halides is 3. The first kappa shape index (κ1) is 13.9. The first-order valence-corrected chi connectivity index (χ1v) is 4.18. The van der Waals surface area contributed by atoms with Gasteiger partial charge >= 0.3 is 12.1 Å². The smallest absolute Gasteiger partial charge is 0.436 e. The van der Waals surface area contributed by atoms with Gasteiger partial charge in [-0.3, -0.25) is 9.59 Å². The van der Waals surface area contributed by atoms with Crippen molar-refractivity contribution in [3.8, 4) is 0 Å². The number of ketones is 1. The largest absolute Gasteiger partial charge is 0.450 e. The fraction of sp³-hybridized carbons (Fsp3) is 0.750. The summed E-state index contributed by atoms with van der Waals surface area (Å²) >= 11 is 0. The quantitative estimate of drug-likeness (QED) is 0.406. The highest BCUT2D eigenvalue weighted by atomic mass is 19.4. The Labute approximate surface area is 84.3 Å². The summed E-state index contributed by atoms with van der Waals surface area (Å²) in [4.78, 5) is 21.1. The van der Waals surface area contributed by atoms with E-state index in [1.165, 1.54) is 6.92 Å². The first-order chi connectivity index (χ1) is 6.77. The molecule has 0 spiro atoms. The Morgan fingerprint density at radius 3 is 2.27 bits per heavy atom. The third-order valence-corrected chi connectivity index (χ3v) is 1.32. The van der Waals surface area contributed by atoms with Crippen LogP contribution in [-0.4, -0.2) is 30.8 Å². The van der Waals surface area contributed by atoms with Gasteiger partial charge in [-0.15, -0.1) is 0 Å². The third-order valence-electron chi connectivity index (χ3n) is 1.32. The van der Waals surface area contributed by atoms with Crippen molar-refractivity contribution < 1.29 is 32.2 Å². The number of ether oxygens (including phenoxy) is 2. The number of carbonyl (C=O) groups excluding carboxylic acids is 2. The van der Waals surface area contributed by atoms with E-state index in [4.69, 9.17) is 4.74 Å². The number of hydrogen-bond acceptors (Lipinski definition) is 4. The van der Waals surface area contributed by atoms with Gasteiger partial charge in [-0.25, -0.2) is 0 Å². The zero-order valence-electron chi connectivity index (χ0n) is 8.26. The van der Waals surface area contributed by atoms with Crippen LogP contribution < -0.4 is 0 Å². The van der Waals surface area contributed by atoms with E-state index in [9.17, 15) is 22.8 Å². The summed E-state index contributed by atoms with van der Waals surface area (Å²) in [6, 6.07) is 0. The van der Waals surface area contributed by atoms with E-state index in [1.54, 1.807) is 6.92 Å². The lowest BCUT2D eigenvalue weighted by Gasteiger charge is -2.12. The minimum Gasteiger partial charge on any atom is -0.436 e. The number of halogens is 3. The standard InChI is InChI=1S/C8H11F3O4/c1-3-14-5(2)15-7(13)4-6(12)8(9,10)11/h5H,3-4H2,1-2H3. The number of carbonyl (C=O) groups is 2. The minimum atomic E-state index is -5.01. The molecule has 0 fully saturated rings.